The molecular formula is C17H21BrN2O2. The lowest BCUT2D eigenvalue weighted by atomic mass is 10.0. The Labute approximate surface area is 139 Å². The zero-order valence-corrected chi connectivity index (χ0v) is 14.4. The first-order valence-electron chi connectivity index (χ1n) is 7.91. The lowest BCUT2D eigenvalue weighted by Crippen LogP contribution is -2.40. The van der Waals surface area contributed by atoms with Crippen LogP contribution >= 0.6 is 15.9 Å². The molecule has 2 heterocycles. The number of likely N-dealkylation sites (tertiary alicyclic amines) is 1. The van der Waals surface area contributed by atoms with E-state index in [9.17, 15) is 9.59 Å². The summed E-state index contributed by atoms with van der Waals surface area (Å²) in [5.41, 5.74) is 1.97. The summed E-state index contributed by atoms with van der Waals surface area (Å²) in [4.78, 5) is 28.7. The highest BCUT2D eigenvalue weighted by molar-refractivity contribution is 9.10. The van der Waals surface area contributed by atoms with E-state index in [1.54, 1.807) is 4.90 Å². The second kappa shape index (κ2) is 6.41. The van der Waals surface area contributed by atoms with Crippen LogP contribution in [0.3, 0.4) is 0 Å². The van der Waals surface area contributed by atoms with Crippen LogP contribution in [0.25, 0.3) is 0 Å². The van der Waals surface area contributed by atoms with E-state index in [-0.39, 0.29) is 17.7 Å². The molecule has 0 radical (unpaired) electrons. The van der Waals surface area contributed by atoms with Crippen LogP contribution in [0.4, 0.5) is 5.69 Å². The fourth-order valence-electron chi connectivity index (χ4n) is 3.40. The molecule has 2 aliphatic rings. The fourth-order valence-corrected chi connectivity index (χ4v) is 3.88. The molecule has 0 bridgehead atoms. The number of hydrogen-bond donors (Lipinski definition) is 0. The number of hydrogen-bond acceptors (Lipinski definition) is 2. The molecule has 1 atom stereocenters. The van der Waals surface area contributed by atoms with Crippen molar-refractivity contribution in [2.24, 2.45) is 5.92 Å². The Morgan fingerprint density at radius 2 is 1.95 bits per heavy atom. The minimum atomic E-state index is -0.186. The van der Waals surface area contributed by atoms with Gasteiger partial charge in [0, 0.05) is 36.2 Å². The largest absolute Gasteiger partial charge is 0.342 e. The Balaban J connectivity index is 1.74. The smallest absolute Gasteiger partial charge is 0.228 e. The SMILES string of the molecule is Cc1cc(Br)ccc1N1CC(C(=O)N2CCCCC2)CC1=O. The van der Waals surface area contributed by atoms with E-state index in [2.05, 4.69) is 15.9 Å². The molecule has 2 amide bonds. The lowest BCUT2D eigenvalue weighted by Gasteiger charge is -2.29. The van der Waals surface area contributed by atoms with Crippen molar-refractivity contribution in [3.05, 3.63) is 28.2 Å². The molecule has 22 heavy (non-hydrogen) atoms. The maximum atomic E-state index is 12.6. The summed E-state index contributed by atoms with van der Waals surface area (Å²) in [6, 6.07) is 5.89. The standard InChI is InChI=1S/C17H21BrN2O2/c1-12-9-14(18)5-6-15(12)20-11-13(10-16(20)21)17(22)19-7-3-2-4-8-19/h5-6,9,13H,2-4,7-8,10-11H2,1H3. The van der Waals surface area contributed by atoms with Crippen molar-refractivity contribution >= 4 is 33.4 Å². The van der Waals surface area contributed by atoms with E-state index in [4.69, 9.17) is 0 Å². The van der Waals surface area contributed by atoms with Gasteiger partial charge in [-0.2, -0.15) is 0 Å². The van der Waals surface area contributed by atoms with Crippen molar-refractivity contribution < 1.29 is 9.59 Å². The topological polar surface area (TPSA) is 40.6 Å². The number of amides is 2. The molecule has 0 aromatic heterocycles. The predicted octanol–water partition coefficient (Wildman–Crippen LogP) is 3.12. The van der Waals surface area contributed by atoms with Crippen molar-refractivity contribution in [1.29, 1.82) is 0 Å². The molecule has 1 aromatic carbocycles. The molecule has 118 valence electrons. The van der Waals surface area contributed by atoms with Crippen LogP contribution < -0.4 is 4.90 Å². The second-order valence-corrected chi connectivity index (χ2v) is 7.14. The number of nitrogens with zero attached hydrogens (tertiary/aromatic N) is 2. The summed E-state index contributed by atoms with van der Waals surface area (Å²) >= 11 is 3.44. The number of benzene rings is 1. The third kappa shape index (κ3) is 3.05. The highest BCUT2D eigenvalue weighted by atomic mass is 79.9. The molecule has 4 nitrogen and oxygen atoms in total. The van der Waals surface area contributed by atoms with Crippen LogP contribution in [-0.4, -0.2) is 36.3 Å². The first-order chi connectivity index (χ1) is 10.6. The maximum absolute atomic E-state index is 12.6. The monoisotopic (exact) mass is 364 g/mol. The van der Waals surface area contributed by atoms with Gasteiger partial charge in [-0.05, 0) is 49.9 Å². The van der Waals surface area contributed by atoms with Gasteiger partial charge in [-0.15, -0.1) is 0 Å². The summed E-state index contributed by atoms with van der Waals surface area (Å²) in [5.74, 6) is 0.0275. The zero-order chi connectivity index (χ0) is 15.7. The van der Waals surface area contributed by atoms with Gasteiger partial charge in [0.2, 0.25) is 11.8 Å². The molecule has 2 fully saturated rings. The fraction of sp³-hybridized carbons (Fsp3) is 0.529. The van der Waals surface area contributed by atoms with Gasteiger partial charge in [0.1, 0.15) is 0 Å². The van der Waals surface area contributed by atoms with Gasteiger partial charge in [-0.3, -0.25) is 9.59 Å². The van der Waals surface area contributed by atoms with Gasteiger partial charge in [-0.25, -0.2) is 0 Å². The van der Waals surface area contributed by atoms with Crippen LogP contribution in [-0.2, 0) is 9.59 Å². The van der Waals surface area contributed by atoms with E-state index in [1.165, 1.54) is 6.42 Å². The number of anilines is 1. The number of carbonyl (C=O) groups excluding carboxylic acids is 2. The molecule has 1 aromatic rings. The summed E-state index contributed by atoms with van der Waals surface area (Å²) in [5, 5.41) is 0. The van der Waals surface area contributed by atoms with E-state index in [1.807, 2.05) is 30.0 Å². The van der Waals surface area contributed by atoms with E-state index in [0.717, 1.165) is 41.7 Å². The Hall–Kier alpha value is -1.36. The maximum Gasteiger partial charge on any atom is 0.228 e. The second-order valence-electron chi connectivity index (χ2n) is 6.22. The number of rotatable bonds is 2. The van der Waals surface area contributed by atoms with Crippen molar-refractivity contribution in [2.45, 2.75) is 32.6 Å². The lowest BCUT2D eigenvalue weighted by molar-refractivity contribution is -0.136. The number of halogens is 1. The quantitative estimate of drug-likeness (QED) is 0.808. The number of aryl methyl sites for hydroxylation is 1. The number of piperidine rings is 1. The average Bonchev–Trinajstić information content (AvgIpc) is 2.89. The number of carbonyl (C=O) groups is 2. The molecule has 0 N–H and O–H groups in total. The molecular weight excluding hydrogens is 344 g/mol. The Morgan fingerprint density at radius 1 is 1.23 bits per heavy atom. The first-order valence-corrected chi connectivity index (χ1v) is 8.71. The normalized spacial score (nSPS) is 22.3. The Bertz CT molecular complexity index is 596. The highest BCUT2D eigenvalue weighted by Crippen LogP contribution is 2.30. The Morgan fingerprint density at radius 3 is 2.64 bits per heavy atom. The molecule has 0 aliphatic carbocycles. The molecule has 0 spiro atoms. The van der Waals surface area contributed by atoms with Crippen LogP contribution in [0.15, 0.2) is 22.7 Å². The van der Waals surface area contributed by atoms with Crippen molar-refractivity contribution in [1.82, 2.24) is 4.90 Å². The van der Waals surface area contributed by atoms with E-state index in [0.29, 0.717) is 13.0 Å². The first kappa shape index (κ1) is 15.5. The minimum absolute atomic E-state index is 0.0563. The van der Waals surface area contributed by atoms with Crippen LogP contribution in [0.5, 0.6) is 0 Å². The Kier molecular flexibility index (Phi) is 4.52. The third-order valence-corrected chi connectivity index (χ3v) is 5.08. The summed E-state index contributed by atoms with van der Waals surface area (Å²) in [6.45, 7) is 4.20. The molecule has 2 aliphatic heterocycles. The van der Waals surface area contributed by atoms with Gasteiger partial charge in [0.25, 0.3) is 0 Å². The molecule has 2 saturated heterocycles. The van der Waals surface area contributed by atoms with Crippen molar-refractivity contribution in [2.75, 3.05) is 24.5 Å². The van der Waals surface area contributed by atoms with Gasteiger partial charge >= 0.3 is 0 Å². The third-order valence-electron chi connectivity index (χ3n) is 4.59. The molecule has 0 saturated carbocycles. The van der Waals surface area contributed by atoms with Gasteiger partial charge in [-0.1, -0.05) is 15.9 Å². The predicted molar refractivity (Wildman–Crippen MR) is 89.8 cm³/mol. The summed E-state index contributed by atoms with van der Waals surface area (Å²) in [6.07, 6.45) is 3.71. The molecule has 3 rings (SSSR count). The van der Waals surface area contributed by atoms with Gasteiger partial charge in [0.05, 0.1) is 5.92 Å². The zero-order valence-electron chi connectivity index (χ0n) is 12.8. The minimum Gasteiger partial charge on any atom is -0.342 e. The van der Waals surface area contributed by atoms with E-state index >= 15 is 0 Å². The van der Waals surface area contributed by atoms with E-state index < -0.39 is 0 Å². The average molecular weight is 365 g/mol. The molecule has 1 unspecified atom stereocenters. The van der Waals surface area contributed by atoms with Crippen LogP contribution in [0.1, 0.15) is 31.2 Å². The van der Waals surface area contributed by atoms with Crippen molar-refractivity contribution in [3.63, 3.8) is 0 Å². The van der Waals surface area contributed by atoms with Gasteiger partial charge < -0.3 is 9.80 Å². The summed E-state index contributed by atoms with van der Waals surface area (Å²) in [7, 11) is 0. The van der Waals surface area contributed by atoms with Crippen molar-refractivity contribution in [3.8, 4) is 0 Å². The van der Waals surface area contributed by atoms with Crippen LogP contribution in [0, 0.1) is 12.8 Å². The summed E-state index contributed by atoms with van der Waals surface area (Å²) < 4.78 is 1.00. The highest BCUT2D eigenvalue weighted by Gasteiger charge is 2.37. The van der Waals surface area contributed by atoms with Gasteiger partial charge in [0.15, 0.2) is 0 Å². The van der Waals surface area contributed by atoms with Crippen LogP contribution in [0.2, 0.25) is 0 Å². The molecule has 5 heteroatoms.